The zero-order valence-electron chi connectivity index (χ0n) is 16.3. The fourth-order valence-corrected chi connectivity index (χ4v) is 4.09. The maximum atomic E-state index is 13.1. The van der Waals surface area contributed by atoms with Crippen molar-refractivity contribution >= 4 is 5.91 Å². The molecule has 1 fully saturated rings. The van der Waals surface area contributed by atoms with Crippen molar-refractivity contribution < 1.29 is 4.79 Å². The Kier molecular flexibility index (Phi) is 5.55. The minimum absolute atomic E-state index is 0.0831. The molecule has 1 saturated heterocycles. The van der Waals surface area contributed by atoms with Gasteiger partial charge in [0.1, 0.15) is 5.69 Å². The van der Waals surface area contributed by atoms with Gasteiger partial charge in [-0.15, -0.1) is 0 Å². The number of amides is 1. The molecular formula is C22H27N5O. The van der Waals surface area contributed by atoms with Gasteiger partial charge in [0.25, 0.3) is 5.91 Å². The summed E-state index contributed by atoms with van der Waals surface area (Å²) in [6.45, 7) is 4.39. The quantitative estimate of drug-likeness (QED) is 0.713. The molecule has 0 saturated carbocycles. The van der Waals surface area contributed by atoms with E-state index in [9.17, 15) is 4.79 Å². The van der Waals surface area contributed by atoms with E-state index in [2.05, 4.69) is 46.5 Å². The first-order valence-corrected chi connectivity index (χ1v) is 10.1. The van der Waals surface area contributed by atoms with E-state index in [0.29, 0.717) is 11.6 Å². The normalized spacial score (nSPS) is 17.0. The lowest BCUT2D eigenvalue weighted by molar-refractivity contribution is 0.0692. The number of nitrogens with zero attached hydrogens (tertiary/aromatic N) is 4. The maximum Gasteiger partial charge on any atom is 0.272 e. The smallest absolute Gasteiger partial charge is 0.272 e. The van der Waals surface area contributed by atoms with E-state index in [4.69, 9.17) is 0 Å². The fourth-order valence-electron chi connectivity index (χ4n) is 4.09. The summed E-state index contributed by atoms with van der Waals surface area (Å²) >= 11 is 0. The highest BCUT2D eigenvalue weighted by Gasteiger charge is 2.29. The van der Waals surface area contributed by atoms with E-state index in [-0.39, 0.29) is 5.91 Å². The van der Waals surface area contributed by atoms with Gasteiger partial charge < -0.3 is 4.90 Å². The zero-order valence-corrected chi connectivity index (χ0v) is 16.3. The number of nitrogens with one attached hydrogen (secondary N) is 1. The number of piperidine rings is 1. The number of rotatable bonds is 6. The van der Waals surface area contributed by atoms with Crippen LogP contribution in [-0.2, 0) is 13.0 Å². The van der Waals surface area contributed by atoms with Gasteiger partial charge in [0.15, 0.2) is 0 Å². The average molecular weight is 377 g/mol. The first kappa shape index (κ1) is 18.5. The summed E-state index contributed by atoms with van der Waals surface area (Å²) in [6.07, 6.45) is 7.54. The largest absolute Gasteiger partial charge is 0.337 e. The number of aryl methyl sites for hydroxylation is 1. The third kappa shape index (κ3) is 3.86. The van der Waals surface area contributed by atoms with E-state index < -0.39 is 0 Å². The molecule has 1 N–H and O–H groups in total. The van der Waals surface area contributed by atoms with E-state index in [0.717, 1.165) is 45.3 Å². The van der Waals surface area contributed by atoms with E-state index >= 15 is 0 Å². The van der Waals surface area contributed by atoms with Crippen LogP contribution >= 0.6 is 0 Å². The van der Waals surface area contributed by atoms with Crippen molar-refractivity contribution in [2.75, 3.05) is 13.1 Å². The van der Waals surface area contributed by atoms with Crippen LogP contribution in [0.4, 0.5) is 0 Å². The van der Waals surface area contributed by atoms with Crippen molar-refractivity contribution in [3.05, 3.63) is 71.3 Å². The Morgan fingerprint density at radius 3 is 2.93 bits per heavy atom. The van der Waals surface area contributed by atoms with E-state index in [1.807, 2.05) is 27.9 Å². The maximum absolute atomic E-state index is 13.1. The van der Waals surface area contributed by atoms with Crippen LogP contribution in [0.25, 0.3) is 0 Å². The molecule has 1 amide bonds. The summed E-state index contributed by atoms with van der Waals surface area (Å²) in [5.74, 6) is 0.376. The van der Waals surface area contributed by atoms with Crippen LogP contribution in [0.15, 0.2) is 48.8 Å². The van der Waals surface area contributed by atoms with Gasteiger partial charge in [0, 0.05) is 43.9 Å². The monoisotopic (exact) mass is 377 g/mol. The van der Waals surface area contributed by atoms with Crippen molar-refractivity contribution in [3.63, 3.8) is 0 Å². The first-order valence-electron chi connectivity index (χ1n) is 10.1. The van der Waals surface area contributed by atoms with Crippen LogP contribution < -0.4 is 0 Å². The lowest BCUT2D eigenvalue weighted by Crippen LogP contribution is -2.40. The van der Waals surface area contributed by atoms with Crippen molar-refractivity contribution in [1.82, 2.24) is 24.9 Å². The minimum Gasteiger partial charge on any atom is -0.337 e. The number of aromatic nitrogens is 4. The van der Waals surface area contributed by atoms with Crippen LogP contribution in [0.2, 0.25) is 0 Å². The number of hydrogen-bond donors (Lipinski definition) is 1. The molecule has 4 rings (SSSR count). The number of likely N-dealkylation sites (tertiary alicyclic amines) is 1. The van der Waals surface area contributed by atoms with Crippen LogP contribution in [0.1, 0.15) is 59.4 Å². The molecule has 6 nitrogen and oxygen atoms in total. The van der Waals surface area contributed by atoms with E-state index in [1.165, 1.54) is 16.8 Å². The molecule has 0 aliphatic carbocycles. The molecular weight excluding hydrogens is 350 g/mol. The second-order valence-electron chi connectivity index (χ2n) is 7.50. The summed E-state index contributed by atoms with van der Waals surface area (Å²) in [5, 5.41) is 11.8. The van der Waals surface area contributed by atoms with Crippen molar-refractivity contribution in [1.29, 1.82) is 0 Å². The summed E-state index contributed by atoms with van der Waals surface area (Å²) < 4.78 is 1.82. The summed E-state index contributed by atoms with van der Waals surface area (Å²) in [4.78, 5) is 15.1. The molecule has 0 radical (unpaired) electrons. The molecule has 28 heavy (non-hydrogen) atoms. The van der Waals surface area contributed by atoms with Crippen molar-refractivity contribution in [2.45, 2.75) is 45.1 Å². The van der Waals surface area contributed by atoms with Crippen molar-refractivity contribution in [2.24, 2.45) is 0 Å². The van der Waals surface area contributed by atoms with Crippen molar-refractivity contribution in [3.8, 4) is 0 Å². The van der Waals surface area contributed by atoms with Gasteiger partial charge in [-0.2, -0.15) is 10.2 Å². The molecule has 2 aromatic heterocycles. The highest BCUT2D eigenvalue weighted by atomic mass is 16.2. The van der Waals surface area contributed by atoms with Gasteiger partial charge >= 0.3 is 0 Å². The SMILES string of the molecule is CCCn1nccc1C(=O)N1CCC[C@@H](c2[nH]ncc2Cc2ccccc2)C1. The second kappa shape index (κ2) is 8.42. The summed E-state index contributed by atoms with van der Waals surface area (Å²) in [7, 11) is 0. The number of carbonyl (C=O) groups is 1. The molecule has 3 aromatic rings. The minimum atomic E-state index is 0.0831. The standard InChI is InChI=1S/C22H27N5O/c1-2-12-27-20(10-11-24-27)22(28)26-13-6-9-18(16-26)21-19(15-23-25-21)14-17-7-4-3-5-8-17/h3-5,7-8,10-11,15,18H,2,6,9,12-14,16H2,1H3,(H,23,25)/t18-/m1/s1. The Morgan fingerprint density at radius 2 is 2.11 bits per heavy atom. The van der Waals surface area contributed by atoms with Gasteiger partial charge in [-0.05, 0) is 36.5 Å². The predicted molar refractivity (Wildman–Crippen MR) is 108 cm³/mol. The van der Waals surface area contributed by atoms with Gasteiger partial charge in [-0.3, -0.25) is 14.6 Å². The third-order valence-electron chi connectivity index (χ3n) is 5.48. The topological polar surface area (TPSA) is 66.8 Å². The molecule has 146 valence electrons. The summed E-state index contributed by atoms with van der Waals surface area (Å²) in [6, 6.07) is 12.3. The van der Waals surface area contributed by atoms with Gasteiger partial charge in [0.05, 0.1) is 6.20 Å². The van der Waals surface area contributed by atoms with Gasteiger partial charge in [-0.25, -0.2) is 0 Å². The molecule has 1 aliphatic heterocycles. The number of hydrogen-bond acceptors (Lipinski definition) is 3. The molecule has 6 heteroatoms. The number of H-pyrrole nitrogens is 1. The molecule has 1 aromatic carbocycles. The highest BCUT2D eigenvalue weighted by Crippen LogP contribution is 2.29. The zero-order chi connectivity index (χ0) is 19.3. The highest BCUT2D eigenvalue weighted by molar-refractivity contribution is 5.92. The van der Waals surface area contributed by atoms with Crippen LogP contribution in [0, 0.1) is 0 Å². The number of aromatic amines is 1. The van der Waals surface area contributed by atoms with Crippen LogP contribution in [-0.4, -0.2) is 43.9 Å². The Morgan fingerprint density at radius 1 is 1.25 bits per heavy atom. The number of benzene rings is 1. The lowest BCUT2D eigenvalue weighted by Gasteiger charge is -2.32. The van der Waals surface area contributed by atoms with Crippen LogP contribution in [0.3, 0.4) is 0 Å². The summed E-state index contributed by atoms with van der Waals surface area (Å²) in [5.41, 5.74) is 4.36. The molecule has 1 aliphatic rings. The fraction of sp³-hybridized carbons (Fsp3) is 0.409. The predicted octanol–water partition coefficient (Wildman–Crippen LogP) is 3.63. The molecule has 0 unspecified atom stereocenters. The van der Waals surface area contributed by atoms with Gasteiger partial charge in [0.2, 0.25) is 0 Å². The molecule has 3 heterocycles. The third-order valence-corrected chi connectivity index (χ3v) is 5.48. The number of carbonyl (C=O) groups excluding carboxylic acids is 1. The first-order chi connectivity index (χ1) is 13.8. The Balaban J connectivity index is 1.49. The van der Waals surface area contributed by atoms with Gasteiger partial charge in [-0.1, -0.05) is 37.3 Å². The average Bonchev–Trinajstić information content (AvgIpc) is 3.38. The van der Waals surface area contributed by atoms with E-state index in [1.54, 1.807) is 6.20 Å². The Hall–Kier alpha value is -2.89. The molecule has 0 bridgehead atoms. The molecule has 0 spiro atoms. The second-order valence-corrected chi connectivity index (χ2v) is 7.50. The lowest BCUT2D eigenvalue weighted by atomic mass is 9.90. The van der Waals surface area contributed by atoms with Crippen LogP contribution in [0.5, 0.6) is 0 Å². The Bertz CT molecular complexity index is 914. The Labute approximate surface area is 165 Å². The molecule has 1 atom stereocenters.